The summed E-state index contributed by atoms with van der Waals surface area (Å²) in [6.45, 7) is 27.1. The summed E-state index contributed by atoms with van der Waals surface area (Å²) in [5, 5.41) is 0. The minimum Gasteiger partial charge on any atom is -0.105 e. The first kappa shape index (κ1) is 45.3. The number of aryl methyl sites for hydroxylation is 12. The predicted octanol–water partition coefficient (Wildman–Crippen LogP) is 11.9. The molecule has 0 radical (unpaired) electrons. The lowest BCUT2D eigenvalue weighted by Gasteiger charge is -2.22. The minimum atomic E-state index is 0.164. The normalized spacial score (nSPS) is 11.1. The van der Waals surface area contributed by atoms with E-state index in [9.17, 15) is 0 Å². The average Bonchev–Trinajstić information content (AvgIpc) is 3.22. The largest absolute Gasteiger partial charge is 0.235 e. The van der Waals surface area contributed by atoms with Gasteiger partial charge in [-0.25, -0.2) is 0 Å². The number of hydrogen-bond acceptors (Lipinski definition) is 0. The van der Waals surface area contributed by atoms with Gasteiger partial charge in [0.25, 0.3) is 0 Å². The molecule has 0 atom stereocenters. The first-order valence-corrected chi connectivity index (χ1v) is 22.6. The van der Waals surface area contributed by atoms with E-state index in [1.54, 1.807) is 0 Å². The lowest BCUT2D eigenvalue weighted by atomic mass is 9.37. The zero-order valence-corrected chi connectivity index (χ0v) is 40.0. The molecule has 64 heavy (non-hydrogen) atoms. The maximum Gasteiger partial charge on any atom is 0.235 e. The molecule has 0 aliphatic rings. The molecule has 0 unspecified atom stereocenters. The van der Waals surface area contributed by atoms with E-state index in [1.807, 2.05) is 0 Å². The zero-order chi connectivity index (χ0) is 45.7. The smallest absolute Gasteiger partial charge is 0.105 e. The molecule has 0 fully saturated rings. The fourth-order valence-electron chi connectivity index (χ4n) is 10.1. The van der Waals surface area contributed by atoms with Crippen molar-refractivity contribution in [2.75, 3.05) is 0 Å². The number of hydrogen-bond donors (Lipinski definition) is 0. The SMILES string of the molecule is Cc1cc(C)c(B(/C=C/c2ccc(C#Cc3ccc(C#Cc4ccc(/C=C/B(c5c(C)cc(C)cc5C)c5c(C)cc(C)cc5C)cc4)cc3)cc2)c2c(C)cc(C)cc2C)c(C)c1. The van der Waals surface area contributed by atoms with E-state index in [0.717, 1.165) is 33.4 Å². The Morgan fingerprint density at radius 1 is 0.281 bits per heavy atom. The van der Waals surface area contributed by atoms with Crippen molar-refractivity contribution < 1.29 is 0 Å². The molecule has 0 aliphatic carbocycles. The molecule has 0 aliphatic heterocycles. The summed E-state index contributed by atoms with van der Waals surface area (Å²) in [6.07, 6.45) is 4.53. The minimum absolute atomic E-state index is 0.164. The molecule has 0 saturated carbocycles. The lowest BCUT2D eigenvalue weighted by Crippen LogP contribution is -2.46. The summed E-state index contributed by atoms with van der Waals surface area (Å²) in [5.74, 6) is 18.2. The van der Waals surface area contributed by atoms with Crippen molar-refractivity contribution in [3.63, 3.8) is 0 Å². The van der Waals surface area contributed by atoms with Crippen molar-refractivity contribution in [2.45, 2.75) is 83.1 Å². The van der Waals surface area contributed by atoms with Gasteiger partial charge in [-0.15, -0.1) is 12.0 Å². The van der Waals surface area contributed by atoms with Gasteiger partial charge in [-0.2, -0.15) is 0 Å². The van der Waals surface area contributed by atoms with Crippen molar-refractivity contribution in [3.8, 4) is 23.7 Å². The van der Waals surface area contributed by atoms with E-state index < -0.39 is 0 Å². The Balaban J connectivity index is 1.03. The molecule has 314 valence electrons. The Morgan fingerprint density at radius 2 is 0.469 bits per heavy atom. The first-order valence-electron chi connectivity index (χ1n) is 22.6. The van der Waals surface area contributed by atoms with Crippen LogP contribution < -0.4 is 21.9 Å². The summed E-state index contributed by atoms with van der Waals surface area (Å²) in [6, 6.07) is 43.8. The molecule has 2 heteroatoms. The summed E-state index contributed by atoms with van der Waals surface area (Å²) in [4.78, 5) is 0. The van der Waals surface area contributed by atoms with Crippen LogP contribution in [0.15, 0.2) is 133 Å². The van der Waals surface area contributed by atoms with Crippen molar-refractivity contribution in [3.05, 3.63) is 233 Å². The maximum atomic E-state index is 3.36. The number of benzene rings is 7. The lowest BCUT2D eigenvalue weighted by molar-refractivity contribution is 1.34. The summed E-state index contributed by atoms with van der Waals surface area (Å²) >= 11 is 0. The molecule has 0 N–H and O–H groups in total. The standard InChI is InChI=1S/C62H60B2/c1-41-33-45(5)59(46(6)34-41)63(60-47(7)35-42(2)36-48(60)8)31-29-57-25-21-55(22-26-57)19-17-53-13-15-54(16-14-53)18-20-56-23-27-58(28-24-56)30-32-64(61-49(9)37-43(3)38-50(61)10)62-51(11)39-44(4)40-52(62)12/h13-16,21-40H,1-12H3/b31-29+,32-30+. The fourth-order valence-corrected chi connectivity index (χ4v) is 10.1. The van der Waals surface area contributed by atoms with E-state index in [1.165, 1.54) is 88.6 Å². The second-order valence-corrected chi connectivity index (χ2v) is 18.2. The quantitative estimate of drug-likeness (QED) is 0.106. The average molecular weight is 827 g/mol. The highest BCUT2D eigenvalue weighted by atomic mass is 14.1. The van der Waals surface area contributed by atoms with Gasteiger partial charge in [-0.1, -0.05) is 197 Å². The van der Waals surface area contributed by atoms with E-state index in [-0.39, 0.29) is 13.4 Å². The summed E-state index contributed by atoms with van der Waals surface area (Å²) in [5.41, 5.74) is 27.7. The molecule has 7 rings (SSSR count). The second kappa shape index (κ2) is 19.8. The number of rotatable bonds is 8. The van der Waals surface area contributed by atoms with Crippen molar-refractivity contribution in [1.82, 2.24) is 0 Å². The molecule has 0 bridgehead atoms. The second-order valence-electron chi connectivity index (χ2n) is 18.2. The third-order valence-electron chi connectivity index (χ3n) is 12.6. The monoisotopic (exact) mass is 826 g/mol. The van der Waals surface area contributed by atoms with Crippen molar-refractivity contribution >= 4 is 47.4 Å². The van der Waals surface area contributed by atoms with Crippen LogP contribution in [0, 0.1) is 107 Å². The highest BCUT2D eigenvalue weighted by molar-refractivity contribution is 6.91. The van der Waals surface area contributed by atoms with Crippen LogP contribution in [0.5, 0.6) is 0 Å². The van der Waals surface area contributed by atoms with E-state index in [2.05, 4.69) is 252 Å². The van der Waals surface area contributed by atoms with Crippen LogP contribution in [-0.2, 0) is 0 Å². The third kappa shape index (κ3) is 10.7. The van der Waals surface area contributed by atoms with Crippen LogP contribution in [0.25, 0.3) is 12.2 Å². The van der Waals surface area contributed by atoms with E-state index >= 15 is 0 Å². The van der Waals surface area contributed by atoms with Crippen LogP contribution in [0.1, 0.15) is 100 Å². The zero-order valence-electron chi connectivity index (χ0n) is 40.0. The van der Waals surface area contributed by atoms with Gasteiger partial charge in [0, 0.05) is 22.3 Å². The van der Waals surface area contributed by atoms with Gasteiger partial charge in [0.2, 0.25) is 13.4 Å². The molecular formula is C62H60B2. The van der Waals surface area contributed by atoms with Gasteiger partial charge in [0.05, 0.1) is 0 Å². The highest BCUT2D eigenvalue weighted by Crippen LogP contribution is 2.17. The topological polar surface area (TPSA) is 0 Å². The molecule has 0 heterocycles. The molecule has 0 amide bonds. The Bertz CT molecular complexity index is 2620. The Morgan fingerprint density at radius 3 is 0.672 bits per heavy atom. The van der Waals surface area contributed by atoms with Crippen LogP contribution in [0.3, 0.4) is 0 Å². The summed E-state index contributed by atoms with van der Waals surface area (Å²) < 4.78 is 0. The molecule has 0 spiro atoms. The summed E-state index contributed by atoms with van der Waals surface area (Å²) in [7, 11) is 0. The van der Waals surface area contributed by atoms with Gasteiger partial charge in [-0.3, -0.25) is 0 Å². The molecule has 7 aromatic rings. The van der Waals surface area contributed by atoms with Gasteiger partial charge < -0.3 is 0 Å². The van der Waals surface area contributed by atoms with Gasteiger partial charge in [0.15, 0.2) is 0 Å². The third-order valence-corrected chi connectivity index (χ3v) is 12.6. The highest BCUT2D eigenvalue weighted by Gasteiger charge is 2.25. The van der Waals surface area contributed by atoms with Crippen LogP contribution in [-0.4, -0.2) is 13.4 Å². The van der Waals surface area contributed by atoms with Crippen molar-refractivity contribution in [2.24, 2.45) is 0 Å². The first-order chi connectivity index (χ1) is 30.6. The van der Waals surface area contributed by atoms with E-state index in [4.69, 9.17) is 0 Å². The van der Waals surface area contributed by atoms with Gasteiger partial charge >= 0.3 is 0 Å². The van der Waals surface area contributed by atoms with Crippen LogP contribution in [0.2, 0.25) is 0 Å². The molecule has 0 nitrogen and oxygen atoms in total. The molecule has 0 aromatic heterocycles. The van der Waals surface area contributed by atoms with Crippen LogP contribution in [0.4, 0.5) is 0 Å². The molecule has 0 saturated heterocycles. The predicted molar refractivity (Wildman–Crippen MR) is 282 cm³/mol. The van der Waals surface area contributed by atoms with E-state index in [0.29, 0.717) is 0 Å². The molecule has 7 aromatic carbocycles. The van der Waals surface area contributed by atoms with Gasteiger partial charge in [0.1, 0.15) is 0 Å². The Kier molecular flexibility index (Phi) is 14.0. The van der Waals surface area contributed by atoms with Crippen LogP contribution >= 0.6 is 0 Å². The van der Waals surface area contributed by atoms with Crippen molar-refractivity contribution in [1.29, 1.82) is 0 Å². The molecular weight excluding hydrogens is 766 g/mol. The fraction of sp³-hybridized carbons (Fsp3) is 0.194. The Labute approximate surface area is 385 Å². The Hall–Kier alpha value is -6.73. The van der Waals surface area contributed by atoms with Gasteiger partial charge in [-0.05, 0) is 143 Å². The maximum absolute atomic E-state index is 3.36.